The predicted molar refractivity (Wildman–Crippen MR) is 76.0 cm³/mol. The van der Waals surface area contributed by atoms with Crippen LogP contribution < -0.4 is 11.1 Å². The van der Waals surface area contributed by atoms with Gasteiger partial charge >= 0.3 is 0 Å². The minimum atomic E-state index is 0.0356. The molecular formula is C12H18N4OS. The molecule has 1 aromatic heterocycles. The maximum atomic E-state index is 8.67. The molecule has 0 spiro atoms. The van der Waals surface area contributed by atoms with Crippen LogP contribution in [0.2, 0.25) is 0 Å². The van der Waals surface area contributed by atoms with Crippen molar-refractivity contribution in [1.29, 1.82) is 0 Å². The first kappa shape index (κ1) is 14.5. The van der Waals surface area contributed by atoms with Gasteiger partial charge in [0, 0.05) is 30.8 Å². The summed E-state index contributed by atoms with van der Waals surface area (Å²) in [5.41, 5.74) is 7.00. The second-order valence-electron chi connectivity index (χ2n) is 3.54. The van der Waals surface area contributed by atoms with Crippen molar-refractivity contribution < 1.29 is 5.21 Å². The zero-order valence-electron chi connectivity index (χ0n) is 10.2. The highest BCUT2D eigenvalue weighted by atomic mass is 32.2. The summed E-state index contributed by atoms with van der Waals surface area (Å²) in [6, 6.07) is 3.74. The zero-order valence-corrected chi connectivity index (χ0v) is 11.0. The molecule has 1 rings (SSSR count). The number of rotatable bonds is 8. The van der Waals surface area contributed by atoms with Crippen LogP contribution in [0, 0.1) is 0 Å². The van der Waals surface area contributed by atoms with Crippen molar-refractivity contribution >= 4 is 17.6 Å². The number of nitrogens with one attached hydrogen (secondary N) is 1. The van der Waals surface area contributed by atoms with Gasteiger partial charge in [-0.3, -0.25) is 4.98 Å². The fourth-order valence-electron chi connectivity index (χ4n) is 1.39. The lowest BCUT2D eigenvalue weighted by molar-refractivity contribution is 0.318. The standard InChI is InChI=1S/C12H18N4OS/c1-2-7-18-8-6-14-9-10-4-3-5-15-11(10)12(13)16-17/h2-5,14,17H,1,6-9H2,(H2,13,16). The predicted octanol–water partition coefficient (Wildman–Crippen LogP) is 1.18. The average Bonchev–Trinajstić information content (AvgIpc) is 2.42. The Morgan fingerprint density at radius 1 is 1.67 bits per heavy atom. The molecule has 0 amide bonds. The molecule has 5 nitrogen and oxygen atoms in total. The maximum absolute atomic E-state index is 8.67. The lowest BCUT2D eigenvalue weighted by Gasteiger charge is -2.08. The first-order chi connectivity index (χ1) is 8.79. The highest BCUT2D eigenvalue weighted by Crippen LogP contribution is 2.05. The largest absolute Gasteiger partial charge is 0.409 e. The molecule has 4 N–H and O–H groups in total. The van der Waals surface area contributed by atoms with Crippen molar-refractivity contribution in [3.63, 3.8) is 0 Å². The van der Waals surface area contributed by atoms with Crippen molar-refractivity contribution in [2.75, 3.05) is 18.1 Å². The molecule has 1 heterocycles. The molecule has 6 heteroatoms. The van der Waals surface area contributed by atoms with Gasteiger partial charge in [-0.05, 0) is 11.6 Å². The van der Waals surface area contributed by atoms with Gasteiger partial charge < -0.3 is 16.3 Å². The van der Waals surface area contributed by atoms with Crippen LogP contribution in [0.1, 0.15) is 11.3 Å². The number of pyridine rings is 1. The van der Waals surface area contributed by atoms with Crippen molar-refractivity contribution in [2.45, 2.75) is 6.54 Å². The van der Waals surface area contributed by atoms with Gasteiger partial charge in [0.1, 0.15) is 5.69 Å². The van der Waals surface area contributed by atoms with Crippen molar-refractivity contribution in [3.05, 3.63) is 42.2 Å². The van der Waals surface area contributed by atoms with E-state index < -0.39 is 0 Å². The van der Waals surface area contributed by atoms with E-state index in [0.29, 0.717) is 12.2 Å². The van der Waals surface area contributed by atoms with Gasteiger partial charge in [-0.2, -0.15) is 11.8 Å². The summed E-state index contributed by atoms with van der Waals surface area (Å²) in [5.74, 6) is 2.02. The smallest absolute Gasteiger partial charge is 0.189 e. The van der Waals surface area contributed by atoms with Crippen LogP contribution in [0.4, 0.5) is 0 Å². The van der Waals surface area contributed by atoms with Crippen molar-refractivity contribution in [2.24, 2.45) is 10.9 Å². The molecule has 0 fully saturated rings. The summed E-state index contributed by atoms with van der Waals surface area (Å²) in [6.07, 6.45) is 3.51. The summed E-state index contributed by atoms with van der Waals surface area (Å²) in [4.78, 5) is 4.10. The zero-order chi connectivity index (χ0) is 13.2. The molecule has 0 aromatic carbocycles. The Balaban J connectivity index is 2.44. The summed E-state index contributed by atoms with van der Waals surface area (Å²) in [5, 5.41) is 14.9. The van der Waals surface area contributed by atoms with Crippen LogP contribution in [-0.2, 0) is 6.54 Å². The SMILES string of the molecule is C=CCSCCNCc1cccnc1/C(N)=N\O. The second kappa shape index (κ2) is 8.54. The summed E-state index contributed by atoms with van der Waals surface area (Å²) in [6.45, 7) is 5.20. The highest BCUT2D eigenvalue weighted by molar-refractivity contribution is 7.99. The first-order valence-electron chi connectivity index (χ1n) is 5.60. The molecule has 18 heavy (non-hydrogen) atoms. The summed E-state index contributed by atoms with van der Waals surface area (Å²) >= 11 is 1.82. The molecule has 0 bridgehead atoms. The minimum absolute atomic E-state index is 0.0356. The third-order valence-electron chi connectivity index (χ3n) is 2.22. The van der Waals surface area contributed by atoms with Crippen LogP contribution in [0.15, 0.2) is 36.1 Å². The van der Waals surface area contributed by atoms with Crippen LogP contribution in [0.5, 0.6) is 0 Å². The molecule has 1 aromatic rings. The molecule has 0 radical (unpaired) electrons. The number of nitrogens with two attached hydrogens (primary N) is 1. The number of oxime groups is 1. The fraction of sp³-hybridized carbons (Fsp3) is 0.333. The van der Waals surface area contributed by atoms with Gasteiger partial charge in [-0.25, -0.2) is 0 Å². The molecule has 0 saturated carbocycles. The Kier molecular flexibility index (Phi) is 6.90. The van der Waals surface area contributed by atoms with E-state index in [1.807, 2.05) is 30.0 Å². The van der Waals surface area contributed by atoms with Crippen molar-refractivity contribution in [1.82, 2.24) is 10.3 Å². The molecule has 98 valence electrons. The lowest BCUT2D eigenvalue weighted by Crippen LogP contribution is -2.22. The lowest BCUT2D eigenvalue weighted by atomic mass is 10.2. The van der Waals surface area contributed by atoms with E-state index >= 15 is 0 Å². The number of thioether (sulfide) groups is 1. The molecular weight excluding hydrogens is 248 g/mol. The van der Waals surface area contributed by atoms with Gasteiger partial charge in [0.25, 0.3) is 0 Å². The minimum Gasteiger partial charge on any atom is -0.409 e. The average molecular weight is 266 g/mol. The van der Waals surface area contributed by atoms with Gasteiger partial charge in [-0.15, -0.1) is 6.58 Å². The number of hydrogen-bond acceptors (Lipinski definition) is 5. The summed E-state index contributed by atoms with van der Waals surface area (Å²) < 4.78 is 0. The Labute approximate surface area is 111 Å². The van der Waals surface area contributed by atoms with Gasteiger partial charge in [0.15, 0.2) is 5.84 Å². The Bertz CT molecular complexity index is 409. The fourth-order valence-corrected chi connectivity index (χ4v) is 2.02. The van der Waals surface area contributed by atoms with E-state index in [9.17, 15) is 0 Å². The maximum Gasteiger partial charge on any atom is 0.189 e. The Morgan fingerprint density at radius 3 is 3.22 bits per heavy atom. The Morgan fingerprint density at radius 2 is 2.50 bits per heavy atom. The van der Waals surface area contributed by atoms with Crippen LogP contribution in [0.25, 0.3) is 0 Å². The van der Waals surface area contributed by atoms with E-state index in [1.165, 1.54) is 0 Å². The normalized spacial score (nSPS) is 11.4. The van der Waals surface area contributed by atoms with Crippen LogP contribution in [-0.4, -0.2) is 34.1 Å². The van der Waals surface area contributed by atoms with Gasteiger partial charge in [0.2, 0.25) is 0 Å². The highest BCUT2D eigenvalue weighted by Gasteiger charge is 2.07. The van der Waals surface area contributed by atoms with Gasteiger partial charge in [0.05, 0.1) is 0 Å². The molecule has 0 aliphatic carbocycles. The molecule has 0 aliphatic heterocycles. The second-order valence-corrected chi connectivity index (χ2v) is 4.69. The van der Waals surface area contributed by atoms with Gasteiger partial charge in [-0.1, -0.05) is 17.3 Å². The third kappa shape index (κ3) is 4.77. The molecule has 0 unspecified atom stereocenters. The van der Waals surface area contributed by atoms with E-state index in [4.69, 9.17) is 10.9 Å². The number of aromatic nitrogens is 1. The van der Waals surface area contributed by atoms with Crippen LogP contribution in [0.3, 0.4) is 0 Å². The summed E-state index contributed by atoms with van der Waals surface area (Å²) in [7, 11) is 0. The van der Waals surface area contributed by atoms with E-state index in [0.717, 1.165) is 23.6 Å². The first-order valence-corrected chi connectivity index (χ1v) is 6.76. The molecule has 0 saturated heterocycles. The number of hydrogen-bond donors (Lipinski definition) is 3. The van der Waals surface area contributed by atoms with E-state index in [-0.39, 0.29) is 5.84 Å². The Hall–Kier alpha value is -1.53. The third-order valence-corrected chi connectivity index (χ3v) is 3.18. The monoisotopic (exact) mass is 266 g/mol. The quantitative estimate of drug-likeness (QED) is 0.164. The van der Waals surface area contributed by atoms with E-state index in [1.54, 1.807) is 6.20 Å². The topological polar surface area (TPSA) is 83.5 Å². The number of amidine groups is 1. The van der Waals surface area contributed by atoms with Crippen LogP contribution >= 0.6 is 11.8 Å². The number of nitrogens with zero attached hydrogens (tertiary/aromatic N) is 2. The van der Waals surface area contributed by atoms with E-state index in [2.05, 4.69) is 22.0 Å². The molecule has 0 aliphatic rings. The van der Waals surface area contributed by atoms with Crippen molar-refractivity contribution in [3.8, 4) is 0 Å². The molecule has 0 atom stereocenters.